The normalized spacial score (nSPS) is 16.1. The molecule has 1 heterocycles. The maximum absolute atomic E-state index is 12.8. The number of nitrogens with one attached hydrogen (secondary N) is 3. The summed E-state index contributed by atoms with van der Waals surface area (Å²) in [7, 11) is 1.58. The van der Waals surface area contributed by atoms with Crippen LogP contribution in [0.1, 0.15) is 30.1 Å². The van der Waals surface area contributed by atoms with Crippen molar-refractivity contribution in [1.29, 1.82) is 0 Å². The molecule has 0 aliphatic carbocycles. The third-order valence-electron chi connectivity index (χ3n) is 4.51. The largest absolute Gasteiger partial charge is 0.495 e. The van der Waals surface area contributed by atoms with Gasteiger partial charge in [0.2, 0.25) is 11.9 Å². The van der Waals surface area contributed by atoms with Crippen molar-refractivity contribution in [2.75, 3.05) is 30.9 Å². The topological polar surface area (TPSA) is 101 Å². The van der Waals surface area contributed by atoms with E-state index in [1.54, 1.807) is 31.4 Å². The second-order valence-corrected chi connectivity index (χ2v) is 6.87. The van der Waals surface area contributed by atoms with E-state index < -0.39 is 0 Å². The molecule has 8 heteroatoms. The van der Waals surface area contributed by atoms with Crippen LogP contribution >= 0.6 is 0 Å². The number of ether oxygens (including phenoxy) is 2. The van der Waals surface area contributed by atoms with E-state index in [1.807, 2.05) is 24.3 Å². The maximum atomic E-state index is 12.8. The summed E-state index contributed by atoms with van der Waals surface area (Å²) in [5.41, 5.74) is 1.62. The van der Waals surface area contributed by atoms with Crippen LogP contribution in [0.5, 0.6) is 5.75 Å². The van der Waals surface area contributed by atoms with Gasteiger partial charge in [0.15, 0.2) is 0 Å². The fourth-order valence-electron chi connectivity index (χ4n) is 3.09. The SMILES string of the molecule is COc1ccccc1NC(=NCC1CCCO1)NC(=O)c1cccc(NC(C)=O)c1. The van der Waals surface area contributed by atoms with E-state index in [1.165, 1.54) is 6.92 Å². The minimum absolute atomic E-state index is 0.0412. The van der Waals surface area contributed by atoms with Gasteiger partial charge in [0.25, 0.3) is 5.91 Å². The third-order valence-corrected chi connectivity index (χ3v) is 4.51. The Kier molecular flexibility index (Phi) is 7.40. The fourth-order valence-corrected chi connectivity index (χ4v) is 3.09. The molecule has 1 fully saturated rings. The molecule has 2 aromatic rings. The van der Waals surface area contributed by atoms with E-state index in [2.05, 4.69) is 20.9 Å². The van der Waals surface area contributed by atoms with Crippen molar-refractivity contribution in [3.63, 3.8) is 0 Å². The van der Waals surface area contributed by atoms with Crippen LogP contribution in [-0.2, 0) is 9.53 Å². The molecular weight excluding hydrogens is 384 g/mol. The first-order valence-electron chi connectivity index (χ1n) is 9.80. The molecule has 2 amide bonds. The summed E-state index contributed by atoms with van der Waals surface area (Å²) in [4.78, 5) is 28.6. The Bertz CT molecular complexity index is 923. The number of benzene rings is 2. The number of hydrogen-bond acceptors (Lipinski definition) is 5. The highest BCUT2D eigenvalue weighted by atomic mass is 16.5. The molecule has 1 aliphatic heterocycles. The molecule has 3 N–H and O–H groups in total. The monoisotopic (exact) mass is 410 g/mol. The molecular formula is C22H26N4O4. The Balaban J connectivity index is 1.78. The van der Waals surface area contributed by atoms with Crippen molar-refractivity contribution in [3.8, 4) is 5.75 Å². The summed E-state index contributed by atoms with van der Waals surface area (Å²) in [6, 6.07) is 14.1. The van der Waals surface area contributed by atoms with Gasteiger partial charge in [-0.25, -0.2) is 4.99 Å². The first-order valence-corrected chi connectivity index (χ1v) is 9.80. The van der Waals surface area contributed by atoms with Crippen molar-refractivity contribution in [2.24, 2.45) is 4.99 Å². The number of hydrogen-bond donors (Lipinski definition) is 3. The van der Waals surface area contributed by atoms with Gasteiger partial charge in [0.05, 0.1) is 25.4 Å². The molecule has 8 nitrogen and oxygen atoms in total. The van der Waals surface area contributed by atoms with Gasteiger partial charge in [-0.15, -0.1) is 0 Å². The minimum Gasteiger partial charge on any atom is -0.495 e. The van der Waals surface area contributed by atoms with Crippen LogP contribution in [0.25, 0.3) is 0 Å². The van der Waals surface area contributed by atoms with Crippen LogP contribution in [0.3, 0.4) is 0 Å². The molecule has 0 spiro atoms. The summed E-state index contributed by atoms with van der Waals surface area (Å²) >= 11 is 0. The van der Waals surface area contributed by atoms with E-state index in [9.17, 15) is 9.59 Å². The van der Waals surface area contributed by atoms with Crippen molar-refractivity contribution >= 4 is 29.1 Å². The van der Waals surface area contributed by atoms with Gasteiger partial charge in [-0.3, -0.25) is 14.9 Å². The second kappa shape index (κ2) is 10.4. The number of anilines is 2. The molecule has 2 aromatic carbocycles. The summed E-state index contributed by atoms with van der Waals surface area (Å²) < 4.78 is 11.0. The molecule has 30 heavy (non-hydrogen) atoms. The standard InChI is InChI=1S/C22H26N4O4/c1-15(27)24-17-8-5-7-16(13-17)21(28)26-22(23-14-18-9-6-12-30-18)25-19-10-3-4-11-20(19)29-2/h3-5,7-8,10-11,13,18H,6,9,12,14H2,1-2H3,(H,24,27)(H2,23,25,26,28). The van der Waals surface area contributed by atoms with Crippen molar-refractivity contribution in [2.45, 2.75) is 25.9 Å². The summed E-state index contributed by atoms with van der Waals surface area (Å²) in [6.07, 6.45) is 2.00. The molecule has 0 saturated carbocycles. The van der Waals surface area contributed by atoms with E-state index in [0.717, 1.165) is 19.4 Å². The van der Waals surface area contributed by atoms with Crippen LogP contribution in [0.4, 0.5) is 11.4 Å². The second-order valence-electron chi connectivity index (χ2n) is 6.87. The van der Waals surface area contributed by atoms with Gasteiger partial charge >= 0.3 is 0 Å². The van der Waals surface area contributed by atoms with Crippen molar-refractivity contribution in [1.82, 2.24) is 5.32 Å². The highest BCUT2D eigenvalue weighted by molar-refractivity contribution is 6.10. The zero-order valence-electron chi connectivity index (χ0n) is 17.1. The Morgan fingerprint density at radius 2 is 2.00 bits per heavy atom. The number of aliphatic imine (C=N–C) groups is 1. The van der Waals surface area contributed by atoms with Crippen LogP contribution in [-0.4, -0.2) is 44.1 Å². The molecule has 1 saturated heterocycles. The third kappa shape index (κ3) is 6.05. The molecule has 0 radical (unpaired) electrons. The predicted molar refractivity (Wildman–Crippen MR) is 116 cm³/mol. The van der Waals surface area contributed by atoms with E-state index >= 15 is 0 Å². The number of carbonyl (C=O) groups is 2. The molecule has 0 bridgehead atoms. The first kappa shape index (κ1) is 21.3. The highest BCUT2D eigenvalue weighted by Gasteiger charge is 2.17. The summed E-state index contributed by atoms with van der Waals surface area (Å²) in [5, 5.41) is 8.62. The molecule has 3 rings (SSSR count). The van der Waals surface area contributed by atoms with Gasteiger partial charge in [-0.2, -0.15) is 0 Å². The average molecular weight is 410 g/mol. The maximum Gasteiger partial charge on any atom is 0.258 e. The Morgan fingerprint density at radius 3 is 2.73 bits per heavy atom. The lowest BCUT2D eigenvalue weighted by Crippen LogP contribution is -2.37. The van der Waals surface area contributed by atoms with Gasteiger partial charge in [-0.1, -0.05) is 18.2 Å². The van der Waals surface area contributed by atoms with E-state index in [0.29, 0.717) is 35.2 Å². The molecule has 0 aromatic heterocycles. The Hall–Kier alpha value is -3.39. The van der Waals surface area contributed by atoms with Crippen LogP contribution < -0.4 is 20.7 Å². The summed E-state index contributed by atoms with van der Waals surface area (Å²) in [6.45, 7) is 2.58. The van der Waals surface area contributed by atoms with Crippen LogP contribution in [0.15, 0.2) is 53.5 Å². The quantitative estimate of drug-likeness (QED) is 0.502. The Labute approximate surface area is 175 Å². The van der Waals surface area contributed by atoms with E-state index in [-0.39, 0.29) is 17.9 Å². The molecule has 1 atom stereocenters. The van der Waals surface area contributed by atoms with Gasteiger partial charge in [0, 0.05) is 24.8 Å². The van der Waals surface area contributed by atoms with Crippen LogP contribution in [0, 0.1) is 0 Å². The smallest absolute Gasteiger partial charge is 0.258 e. The fraction of sp³-hybridized carbons (Fsp3) is 0.318. The zero-order valence-corrected chi connectivity index (χ0v) is 17.1. The average Bonchev–Trinajstić information content (AvgIpc) is 3.26. The predicted octanol–water partition coefficient (Wildman–Crippen LogP) is 3.03. The lowest BCUT2D eigenvalue weighted by Gasteiger charge is -2.15. The minimum atomic E-state index is -0.351. The highest BCUT2D eigenvalue weighted by Crippen LogP contribution is 2.23. The number of amides is 2. The molecule has 1 aliphatic rings. The zero-order chi connectivity index (χ0) is 21.3. The van der Waals surface area contributed by atoms with E-state index in [4.69, 9.17) is 9.47 Å². The van der Waals surface area contributed by atoms with Gasteiger partial charge < -0.3 is 20.1 Å². The lowest BCUT2D eigenvalue weighted by atomic mass is 10.2. The first-order chi connectivity index (χ1) is 14.5. The number of nitrogens with zero attached hydrogens (tertiary/aromatic N) is 1. The number of para-hydroxylation sites is 2. The molecule has 1 unspecified atom stereocenters. The van der Waals surface area contributed by atoms with Crippen molar-refractivity contribution in [3.05, 3.63) is 54.1 Å². The van der Waals surface area contributed by atoms with Gasteiger partial charge in [-0.05, 0) is 43.2 Å². The lowest BCUT2D eigenvalue weighted by molar-refractivity contribution is -0.114. The summed E-state index contributed by atoms with van der Waals surface area (Å²) in [5.74, 6) is 0.369. The van der Waals surface area contributed by atoms with Gasteiger partial charge in [0.1, 0.15) is 5.75 Å². The van der Waals surface area contributed by atoms with Crippen molar-refractivity contribution < 1.29 is 19.1 Å². The number of carbonyl (C=O) groups excluding carboxylic acids is 2. The Morgan fingerprint density at radius 1 is 1.17 bits per heavy atom. The number of rotatable bonds is 6. The number of methoxy groups -OCH3 is 1. The molecule has 158 valence electrons. The van der Waals surface area contributed by atoms with Crippen LogP contribution in [0.2, 0.25) is 0 Å². The number of guanidine groups is 1.